The lowest BCUT2D eigenvalue weighted by Crippen LogP contribution is -2.08. The number of para-hydroxylation sites is 1. The predicted molar refractivity (Wildman–Crippen MR) is 101 cm³/mol. The minimum atomic E-state index is 0.252. The topological polar surface area (TPSA) is 72.1 Å². The first-order chi connectivity index (χ1) is 13.3. The van der Waals surface area contributed by atoms with Crippen molar-refractivity contribution in [1.82, 2.24) is 9.78 Å². The molecule has 3 aromatic rings. The van der Waals surface area contributed by atoms with E-state index in [1.54, 1.807) is 0 Å². The number of aromatic nitrogens is 2. The van der Waals surface area contributed by atoms with Crippen LogP contribution in [-0.2, 0) is 6.42 Å². The summed E-state index contributed by atoms with van der Waals surface area (Å²) in [5.41, 5.74) is 4.49. The van der Waals surface area contributed by atoms with E-state index in [2.05, 4.69) is 11.4 Å². The fourth-order valence-corrected chi connectivity index (χ4v) is 3.71. The normalized spacial score (nSPS) is 14.8. The molecule has 6 heteroatoms. The van der Waals surface area contributed by atoms with Gasteiger partial charge in [-0.05, 0) is 49.6 Å². The molecule has 3 heterocycles. The molecule has 0 saturated heterocycles. The van der Waals surface area contributed by atoms with Gasteiger partial charge in [-0.3, -0.25) is 0 Å². The number of nitrogens with zero attached hydrogens (tertiary/aromatic N) is 3. The molecule has 1 N–H and O–H groups in total. The Labute approximate surface area is 157 Å². The van der Waals surface area contributed by atoms with Crippen molar-refractivity contribution < 1.29 is 9.47 Å². The lowest BCUT2D eigenvalue weighted by Gasteiger charge is -2.10. The molecule has 0 bridgehead atoms. The SMILES string of the molecule is N#Cc1ccccc1-n1nc(-c2ccc3c(c2)OCO3)c2c1NCCCC2. The summed E-state index contributed by atoms with van der Waals surface area (Å²) in [5, 5.41) is 18.0. The van der Waals surface area contributed by atoms with Crippen molar-refractivity contribution in [2.24, 2.45) is 0 Å². The van der Waals surface area contributed by atoms with E-state index in [0.717, 1.165) is 60.1 Å². The van der Waals surface area contributed by atoms with Crippen molar-refractivity contribution in [3.8, 4) is 34.5 Å². The third-order valence-corrected chi connectivity index (χ3v) is 5.03. The maximum atomic E-state index is 9.53. The number of hydrogen-bond donors (Lipinski definition) is 1. The minimum Gasteiger partial charge on any atom is -0.454 e. The number of ether oxygens (including phenoxy) is 2. The first kappa shape index (κ1) is 15.8. The molecule has 0 radical (unpaired) electrons. The average Bonchev–Trinajstić information content (AvgIpc) is 3.24. The zero-order valence-corrected chi connectivity index (χ0v) is 14.7. The smallest absolute Gasteiger partial charge is 0.231 e. The molecule has 0 unspecified atom stereocenters. The highest BCUT2D eigenvalue weighted by molar-refractivity contribution is 5.74. The van der Waals surface area contributed by atoms with Crippen molar-refractivity contribution in [2.45, 2.75) is 19.3 Å². The first-order valence-corrected chi connectivity index (χ1v) is 9.10. The van der Waals surface area contributed by atoms with Gasteiger partial charge in [0.05, 0.1) is 16.9 Å². The van der Waals surface area contributed by atoms with Crippen LogP contribution in [0.4, 0.5) is 5.82 Å². The van der Waals surface area contributed by atoms with E-state index < -0.39 is 0 Å². The van der Waals surface area contributed by atoms with Crippen LogP contribution >= 0.6 is 0 Å². The second kappa shape index (κ2) is 6.36. The number of rotatable bonds is 2. The monoisotopic (exact) mass is 358 g/mol. The Bertz CT molecular complexity index is 1060. The number of anilines is 1. The number of fused-ring (bicyclic) bond motifs is 2. The van der Waals surface area contributed by atoms with E-state index in [4.69, 9.17) is 14.6 Å². The highest BCUT2D eigenvalue weighted by Gasteiger charge is 2.24. The second-order valence-electron chi connectivity index (χ2n) is 6.67. The molecule has 1 aromatic heterocycles. The molecule has 0 amide bonds. The van der Waals surface area contributed by atoms with Crippen molar-refractivity contribution in [3.05, 3.63) is 53.6 Å². The van der Waals surface area contributed by atoms with Gasteiger partial charge in [-0.2, -0.15) is 10.4 Å². The fourth-order valence-electron chi connectivity index (χ4n) is 3.71. The molecule has 27 heavy (non-hydrogen) atoms. The fraction of sp³-hybridized carbons (Fsp3) is 0.238. The number of hydrogen-bond acceptors (Lipinski definition) is 5. The number of benzene rings is 2. The molecule has 134 valence electrons. The first-order valence-electron chi connectivity index (χ1n) is 9.10. The van der Waals surface area contributed by atoms with Gasteiger partial charge in [0, 0.05) is 17.7 Å². The summed E-state index contributed by atoms with van der Waals surface area (Å²) in [6.07, 6.45) is 3.15. The van der Waals surface area contributed by atoms with Crippen LogP contribution in [0, 0.1) is 11.3 Å². The van der Waals surface area contributed by atoms with E-state index in [-0.39, 0.29) is 6.79 Å². The lowest BCUT2D eigenvalue weighted by atomic mass is 10.0. The Kier molecular flexibility index (Phi) is 3.72. The molecule has 5 rings (SSSR count). The molecular weight excluding hydrogens is 340 g/mol. The van der Waals surface area contributed by atoms with Gasteiger partial charge in [-0.15, -0.1) is 0 Å². The van der Waals surface area contributed by atoms with Gasteiger partial charge in [0.2, 0.25) is 6.79 Å². The van der Waals surface area contributed by atoms with Crippen molar-refractivity contribution in [2.75, 3.05) is 18.7 Å². The van der Waals surface area contributed by atoms with E-state index in [9.17, 15) is 5.26 Å². The molecule has 2 aromatic carbocycles. The minimum absolute atomic E-state index is 0.252. The molecule has 0 atom stereocenters. The summed E-state index contributed by atoms with van der Waals surface area (Å²) < 4.78 is 12.8. The molecule has 0 spiro atoms. The quantitative estimate of drug-likeness (QED) is 0.752. The molecule has 0 aliphatic carbocycles. The summed E-state index contributed by atoms with van der Waals surface area (Å²) in [6, 6.07) is 15.8. The van der Waals surface area contributed by atoms with Crippen LogP contribution in [0.1, 0.15) is 24.0 Å². The van der Waals surface area contributed by atoms with Gasteiger partial charge >= 0.3 is 0 Å². The Hall–Kier alpha value is -3.46. The van der Waals surface area contributed by atoms with Crippen molar-refractivity contribution in [1.29, 1.82) is 5.26 Å². The summed E-state index contributed by atoms with van der Waals surface area (Å²) >= 11 is 0. The molecule has 2 aliphatic rings. The maximum absolute atomic E-state index is 9.53. The molecule has 2 aliphatic heterocycles. The molecule has 0 saturated carbocycles. The van der Waals surface area contributed by atoms with Gasteiger partial charge in [0.15, 0.2) is 11.5 Å². The van der Waals surface area contributed by atoms with Crippen LogP contribution in [0.15, 0.2) is 42.5 Å². The van der Waals surface area contributed by atoms with E-state index in [1.165, 1.54) is 5.56 Å². The van der Waals surface area contributed by atoms with E-state index in [0.29, 0.717) is 5.56 Å². The largest absolute Gasteiger partial charge is 0.454 e. The summed E-state index contributed by atoms with van der Waals surface area (Å²) in [5.74, 6) is 2.48. The van der Waals surface area contributed by atoms with Crippen LogP contribution in [0.3, 0.4) is 0 Å². The lowest BCUT2D eigenvalue weighted by molar-refractivity contribution is 0.174. The van der Waals surface area contributed by atoms with Crippen LogP contribution < -0.4 is 14.8 Å². The van der Waals surface area contributed by atoms with Crippen LogP contribution in [-0.4, -0.2) is 23.1 Å². The summed E-state index contributed by atoms with van der Waals surface area (Å²) in [7, 11) is 0. The highest BCUT2D eigenvalue weighted by atomic mass is 16.7. The summed E-state index contributed by atoms with van der Waals surface area (Å²) in [4.78, 5) is 0. The predicted octanol–water partition coefficient (Wildman–Crippen LogP) is 3.89. The molecule has 6 nitrogen and oxygen atoms in total. The van der Waals surface area contributed by atoms with Crippen LogP contribution in [0.5, 0.6) is 11.5 Å². The Morgan fingerprint density at radius 3 is 2.89 bits per heavy atom. The van der Waals surface area contributed by atoms with Crippen LogP contribution in [0.25, 0.3) is 16.9 Å². The summed E-state index contributed by atoms with van der Waals surface area (Å²) in [6.45, 7) is 1.15. The Morgan fingerprint density at radius 1 is 1.07 bits per heavy atom. The maximum Gasteiger partial charge on any atom is 0.231 e. The van der Waals surface area contributed by atoms with E-state index >= 15 is 0 Å². The third-order valence-electron chi connectivity index (χ3n) is 5.03. The Morgan fingerprint density at radius 2 is 1.96 bits per heavy atom. The van der Waals surface area contributed by atoms with Crippen molar-refractivity contribution in [3.63, 3.8) is 0 Å². The zero-order chi connectivity index (χ0) is 18.2. The molecule has 0 fully saturated rings. The van der Waals surface area contributed by atoms with Gasteiger partial charge in [-0.1, -0.05) is 12.1 Å². The third kappa shape index (κ3) is 2.59. The van der Waals surface area contributed by atoms with Gasteiger partial charge in [-0.25, -0.2) is 4.68 Å². The Balaban J connectivity index is 1.71. The number of nitrogens with one attached hydrogen (secondary N) is 1. The zero-order valence-electron chi connectivity index (χ0n) is 14.7. The molecular formula is C21H18N4O2. The van der Waals surface area contributed by atoms with Crippen molar-refractivity contribution >= 4 is 5.82 Å². The average molecular weight is 358 g/mol. The highest BCUT2D eigenvalue weighted by Crippen LogP contribution is 2.39. The van der Waals surface area contributed by atoms with E-state index in [1.807, 2.05) is 47.1 Å². The van der Waals surface area contributed by atoms with Gasteiger partial charge in [0.1, 0.15) is 11.9 Å². The standard InChI is InChI=1S/C21H18N4O2/c22-12-15-5-1-2-7-17(15)25-21-16(6-3-4-10-23-21)20(24-25)14-8-9-18-19(11-14)27-13-26-18/h1-2,5,7-9,11,23H,3-4,6,10,13H2. The second-order valence-corrected chi connectivity index (χ2v) is 6.67. The van der Waals surface area contributed by atoms with Gasteiger partial charge in [0.25, 0.3) is 0 Å². The number of nitriles is 1. The van der Waals surface area contributed by atoms with Crippen LogP contribution in [0.2, 0.25) is 0 Å². The van der Waals surface area contributed by atoms with Gasteiger partial charge < -0.3 is 14.8 Å².